The van der Waals surface area contributed by atoms with Crippen LogP contribution in [0.5, 0.6) is 0 Å². The molecule has 0 aromatic carbocycles. The van der Waals surface area contributed by atoms with Crippen LogP contribution in [0, 0.1) is 5.92 Å². The average Bonchev–Trinajstić information content (AvgIpc) is 2.87. The summed E-state index contributed by atoms with van der Waals surface area (Å²) < 4.78 is 0. The molecule has 17 heavy (non-hydrogen) atoms. The summed E-state index contributed by atoms with van der Waals surface area (Å²) in [6.45, 7) is 4.96. The molecule has 2 aliphatic rings. The standard InChI is InChI=1S/C15H18N2/c1-2-11-8-13(10-16-9-11)14-5-3-4-12-6-7-17-15(12)14/h2,5,8-10,12,15,17H,1,3-4,6-7H2/t12-,15+/m1/s1. The molecular formula is C15H18N2. The fourth-order valence-electron chi connectivity index (χ4n) is 3.04. The first-order valence-electron chi connectivity index (χ1n) is 6.40. The van der Waals surface area contributed by atoms with Crippen LogP contribution in [0.4, 0.5) is 0 Å². The predicted molar refractivity (Wildman–Crippen MR) is 71.4 cm³/mol. The highest BCUT2D eigenvalue weighted by Gasteiger charge is 2.32. The van der Waals surface area contributed by atoms with Crippen molar-refractivity contribution in [1.29, 1.82) is 0 Å². The van der Waals surface area contributed by atoms with Gasteiger partial charge in [-0.25, -0.2) is 0 Å². The molecule has 1 aliphatic heterocycles. The first-order valence-corrected chi connectivity index (χ1v) is 6.40. The molecular weight excluding hydrogens is 208 g/mol. The Morgan fingerprint density at radius 3 is 3.18 bits per heavy atom. The summed E-state index contributed by atoms with van der Waals surface area (Å²) >= 11 is 0. The van der Waals surface area contributed by atoms with Crippen molar-refractivity contribution in [2.75, 3.05) is 6.54 Å². The zero-order valence-corrected chi connectivity index (χ0v) is 10.0. The van der Waals surface area contributed by atoms with Gasteiger partial charge < -0.3 is 5.32 Å². The van der Waals surface area contributed by atoms with E-state index in [1.54, 1.807) is 0 Å². The van der Waals surface area contributed by atoms with Gasteiger partial charge in [0.15, 0.2) is 0 Å². The number of hydrogen-bond donors (Lipinski definition) is 1. The number of allylic oxidation sites excluding steroid dienone is 1. The number of aromatic nitrogens is 1. The van der Waals surface area contributed by atoms with Crippen LogP contribution in [0.3, 0.4) is 0 Å². The van der Waals surface area contributed by atoms with Crippen LogP contribution in [-0.4, -0.2) is 17.6 Å². The van der Waals surface area contributed by atoms with E-state index in [2.05, 4.69) is 29.0 Å². The van der Waals surface area contributed by atoms with Gasteiger partial charge in [-0.2, -0.15) is 0 Å². The second-order valence-electron chi connectivity index (χ2n) is 4.93. The van der Waals surface area contributed by atoms with Crippen molar-refractivity contribution in [3.05, 3.63) is 42.2 Å². The largest absolute Gasteiger partial charge is 0.310 e. The van der Waals surface area contributed by atoms with Crippen LogP contribution in [0.1, 0.15) is 30.4 Å². The molecule has 0 spiro atoms. The van der Waals surface area contributed by atoms with Gasteiger partial charge in [0.1, 0.15) is 0 Å². The second-order valence-corrected chi connectivity index (χ2v) is 4.93. The summed E-state index contributed by atoms with van der Waals surface area (Å²) in [6.07, 6.45) is 11.9. The number of pyridine rings is 1. The average molecular weight is 226 g/mol. The van der Waals surface area contributed by atoms with Crippen LogP contribution < -0.4 is 5.32 Å². The van der Waals surface area contributed by atoms with Gasteiger partial charge in [-0.1, -0.05) is 18.7 Å². The zero-order valence-electron chi connectivity index (χ0n) is 10.0. The van der Waals surface area contributed by atoms with Gasteiger partial charge in [0.2, 0.25) is 0 Å². The third-order valence-corrected chi connectivity index (χ3v) is 3.92. The van der Waals surface area contributed by atoms with Gasteiger partial charge in [0.05, 0.1) is 0 Å². The van der Waals surface area contributed by atoms with E-state index in [1.807, 2.05) is 18.5 Å². The number of rotatable bonds is 2. The molecule has 1 saturated heterocycles. The Morgan fingerprint density at radius 1 is 1.35 bits per heavy atom. The smallest absolute Gasteiger partial charge is 0.0352 e. The van der Waals surface area contributed by atoms with Crippen molar-refractivity contribution in [2.24, 2.45) is 5.92 Å². The van der Waals surface area contributed by atoms with Gasteiger partial charge in [-0.15, -0.1) is 0 Å². The van der Waals surface area contributed by atoms with Crippen molar-refractivity contribution in [2.45, 2.75) is 25.3 Å². The van der Waals surface area contributed by atoms with Gasteiger partial charge in [0, 0.05) is 18.4 Å². The molecule has 1 aromatic rings. The maximum Gasteiger partial charge on any atom is 0.0352 e. The highest BCUT2D eigenvalue weighted by molar-refractivity contribution is 5.72. The molecule has 2 heterocycles. The first kappa shape index (κ1) is 10.7. The summed E-state index contributed by atoms with van der Waals surface area (Å²) in [4.78, 5) is 4.30. The minimum atomic E-state index is 0.547. The van der Waals surface area contributed by atoms with Crippen LogP contribution in [-0.2, 0) is 0 Å². The Bertz CT molecular complexity index is 462. The highest BCUT2D eigenvalue weighted by Crippen LogP contribution is 2.35. The maximum atomic E-state index is 4.30. The normalized spacial score (nSPS) is 27.4. The van der Waals surface area contributed by atoms with E-state index in [9.17, 15) is 0 Å². The Morgan fingerprint density at radius 2 is 2.29 bits per heavy atom. The predicted octanol–water partition coefficient (Wildman–Crippen LogP) is 2.88. The molecule has 2 atom stereocenters. The maximum absolute atomic E-state index is 4.30. The number of fused-ring (bicyclic) bond motifs is 1. The topological polar surface area (TPSA) is 24.9 Å². The van der Waals surface area contributed by atoms with Gasteiger partial charge in [0.25, 0.3) is 0 Å². The lowest BCUT2D eigenvalue weighted by Gasteiger charge is -2.27. The lowest BCUT2D eigenvalue weighted by molar-refractivity contribution is 0.470. The van der Waals surface area contributed by atoms with Crippen molar-refractivity contribution in [1.82, 2.24) is 10.3 Å². The summed E-state index contributed by atoms with van der Waals surface area (Å²) in [7, 11) is 0. The second kappa shape index (κ2) is 4.46. The number of nitrogens with one attached hydrogen (secondary N) is 1. The van der Waals surface area contributed by atoms with E-state index in [4.69, 9.17) is 0 Å². The summed E-state index contributed by atoms with van der Waals surface area (Å²) in [5.41, 5.74) is 3.80. The highest BCUT2D eigenvalue weighted by atomic mass is 15.0. The molecule has 3 rings (SSSR count). The third kappa shape index (κ3) is 1.93. The lowest BCUT2D eigenvalue weighted by Crippen LogP contribution is -2.30. The van der Waals surface area contributed by atoms with E-state index in [0.717, 1.165) is 18.0 Å². The van der Waals surface area contributed by atoms with Crippen LogP contribution in [0.25, 0.3) is 11.6 Å². The molecule has 1 aromatic heterocycles. The Hall–Kier alpha value is -1.41. The number of nitrogens with zero attached hydrogens (tertiary/aromatic N) is 1. The summed E-state index contributed by atoms with van der Waals surface area (Å²) in [5, 5.41) is 3.62. The Labute approximate surface area is 102 Å². The molecule has 0 radical (unpaired) electrons. The monoisotopic (exact) mass is 226 g/mol. The van der Waals surface area contributed by atoms with Crippen molar-refractivity contribution < 1.29 is 0 Å². The fourth-order valence-corrected chi connectivity index (χ4v) is 3.04. The van der Waals surface area contributed by atoms with E-state index in [1.165, 1.54) is 30.4 Å². The molecule has 0 saturated carbocycles. The zero-order chi connectivity index (χ0) is 11.7. The minimum Gasteiger partial charge on any atom is -0.310 e. The molecule has 1 fully saturated rings. The molecule has 88 valence electrons. The third-order valence-electron chi connectivity index (χ3n) is 3.92. The van der Waals surface area contributed by atoms with E-state index < -0.39 is 0 Å². The quantitative estimate of drug-likeness (QED) is 0.838. The van der Waals surface area contributed by atoms with Gasteiger partial charge in [-0.05, 0) is 54.5 Å². The summed E-state index contributed by atoms with van der Waals surface area (Å²) in [6, 6.07) is 2.74. The van der Waals surface area contributed by atoms with Crippen molar-refractivity contribution in [3.63, 3.8) is 0 Å². The van der Waals surface area contributed by atoms with E-state index in [0.29, 0.717) is 6.04 Å². The molecule has 2 nitrogen and oxygen atoms in total. The SMILES string of the molecule is C=Cc1cncc(C2=CCC[C@@H]3CCN[C@H]23)c1. The van der Waals surface area contributed by atoms with Crippen LogP contribution in [0.2, 0.25) is 0 Å². The Balaban J connectivity index is 1.96. The van der Waals surface area contributed by atoms with Crippen LogP contribution in [0.15, 0.2) is 31.1 Å². The van der Waals surface area contributed by atoms with E-state index >= 15 is 0 Å². The summed E-state index contributed by atoms with van der Waals surface area (Å²) in [5.74, 6) is 0.822. The van der Waals surface area contributed by atoms with Gasteiger partial charge >= 0.3 is 0 Å². The van der Waals surface area contributed by atoms with Gasteiger partial charge in [-0.3, -0.25) is 4.98 Å². The first-order chi connectivity index (χ1) is 8.38. The van der Waals surface area contributed by atoms with Crippen molar-refractivity contribution >= 4 is 11.6 Å². The minimum absolute atomic E-state index is 0.547. The van der Waals surface area contributed by atoms with E-state index in [-0.39, 0.29) is 0 Å². The Kier molecular flexibility index (Phi) is 2.81. The van der Waals surface area contributed by atoms with Crippen LogP contribution >= 0.6 is 0 Å². The molecule has 2 heteroatoms. The molecule has 0 bridgehead atoms. The molecule has 1 N–H and O–H groups in total. The molecule has 1 aliphatic carbocycles. The van der Waals surface area contributed by atoms with Crippen molar-refractivity contribution in [3.8, 4) is 0 Å². The lowest BCUT2D eigenvalue weighted by atomic mass is 9.82. The molecule has 0 unspecified atom stereocenters. The number of hydrogen-bond acceptors (Lipinski definition) is 2. The molecule has 0 amide bonds. The fraction of sp³-hybridized carbons (Fsp3) is 0.400.